The highest BCUT2D eigenvalue weighted by atomic mass is 16.6. The van der Waals surface area contributed by atoms with E-state index in [2.05, 4.69) is 41.3 Å². The zero-order valence-electron chi connectivity index (χ0n) is 13.9. The Morgan fingerprint density at radius 1 is 1.12 bits per heavy atom. The molecule has 0 bridgehead atoms. The Balaban J connectivity index is 1.45. The molecule has 3 rings (SSSR count). The number of hydrogen-bond acceptors (Lipinski definition) is 3. The van der Waals surface area contributed by atoms with Crippen LogP contribution in [0.3, 0.4) is 0 Å². The predicted molar refractivity (Wildman–Crippen MR) is 96.2 cm³/mol. The first kappa shape index (κ1) is 16.1. The molecule has 3 heteroatoms. The summed E-state index contributed by atoms with van der Waals surface area (Å²) in [6.45, 7) is 0. The second-order valence-corrected chi connectivity index (χ2v) is 5.81. The molecule has 1 aliphatic rings. The minimum absolute atomic E-state index is 0.0777. The van der Waals surface area contributed by atoms with Crippen molar-refractivity contribution in [3.63, 3.8) is 0 Å². The van der Waals surface area contributed by atoms with Crippen LogP contribution in [0.5, 0.6) is 5.75 Å². The van der Waals surface area contributed by atoms with Gasteiger partial charge in [0.15, 0.2) is 0 Å². The first-order chi connectivity index (χ1) is 11.8. The lowest BCUT2D eigenvalue weighted by Crippen LogP contribution is -2.07. The van der Waals surface area contributed by atoms with Gasteiger partial charge in [-0.15, -0.1) is 0 Å². The maximum absolute atomic E-state index is 5.50. The highest BCUT2D eigenvalue weighted by Gasteiger charge is 2.19. The van der Waals surface area contributed by atoms with Gasteiger partial charge in [-0.1, -0.05) is 53.4 Å². The third-order valence-corrected chi connectivity index (χ3v) is 3.97. The van der Waals surface area contributed by atoms with Crippen LogP contribution in [0, 0.1) is 11.8 Å². The van der Waals surface area contributed by atoms with Gasteiger partial charge in [0.2, 0.25) is 0 Å². The Morgan fingerprint density at radius 2 is 2.00 bits per heavy atom. The summed E-state index contributed by atoms with van der Waals surface area (Å²) in [6.07, 6.45) is 3.60. The third kappa shape index (κ3) is 4.63. The lowest BCUT2D eigenvalue weighted by molar-refractivity contribution is 0.0894. The average Bonchev–Trinajstić information content (AvgIpc) is 3.09. The molecule has 0 aliphatic carbocycles. The van der Waals surface area contributed by atoms with Crippen LogP contribution in [0.4, 0.5) is 0 Å². The summed E-state index contributed by atoms with van der Waals surface area (Å²) >= 11 is 0. The quantitative estimate of drug-likeness (QED) is 0.773. The van der Waals surface area contributed by atoms with E-state index >= 15 is 0 Å². The van der Waals surface area contributed by atoms with Crippen LogP contribution in [0.25, 0.3) is 0 Å². The molecule has 1 atom stereocenters. The molecule has 2 aromatic carbocycles. The number of benzene rings is 2. The molecule has 0 amide bonds. The van der Waals surface area contributed by atoms with E-state index in [0.717, 1.165) is 36.3 Å². The predicted octanol–water partition coefficient (Wildman–Crippen LogP) is 4.21. The van der Waals surface area contributed by atoms with Crippen molar-refractivity contribution in [2.45, 2.75) is 31.8 Å². The zero-order chi connectivity index (χ0) is 16.6. The SMILES string of the molecule is COc1cccc(C#CCC2CC(CCc3ccccc3)=NO2)c1. The molecule has 0 saturated heterocycles. The summed E-state index contributed by atoms with van der Waals surface area (Å²) < 4.78 is 5.20. The minimum Gasteiger partial charge on any atom is -0.497 e. The zero-order valence-corrected chi connectivity index (χ0v) is 13.9. The van der Waals surface area contributed by atoms with E-state index in [9.17, 15) is 0 Å². The maximum Gasteiger partial charge on any atom is 0.143 e. The van der Waals surface area contributed by atoms with Crippen LogP contribution in [0.15, 0.2) is 59.8 Å². The van der Waals surface area contributed by atoms with Gasteiger partial charge < -0.3 is 9.57 Å². The van der Waals surface area contributed by atoms with Crippen LogP contribution in [-0.2, 0) is 11.3 Å². The Hall–Kier alpha value is -2.73. The Labute approximate surface area is 143 Å². The van der Waals surface area contributed by atoms with E-state index in [4.69, 9.17) is 9.57 Å². The lowest BCUT2D eigenvalue weighted by Gasteiger charge is -2.02. The molecule has 0 saturated carbocycles. The van der Waals surface area contributed by atoms with E-state index in [1.165, 1.54) is 5.56 Å². The number of methoxy groups -OCH3 is 1. The molecule has 24 heavy (non-hydrogen) atoms. The van der Waals surface area contributed by atoms with Crippen molar-refractivity contribution < 1.29 is 9.57 Å². The average molecular weight is 319 g/mol. The minimum atomic E-state index is 0.0777. The van der Waals surface area contributed by atoms with Crippen LogP contribution >= 0.6 is 0 Å². The second-order valence-electron chi connectivity index (χ2n) is 5.81. The third-order valence-electron chi connectivity index (χ3n) is 3.97. The Kier molecular flexibility index (Phi) is 5.52. The van der Waals surface area contributed by atoms with E-state index in [1.807, 2.05) is 30.3 Å². The fourth-order valence-electron chi connectivity index (χ4n) is 2.64. The number of hydrogen-bond donors (Lipinski definition) is 0. The highest BCUT2D eigenvalue weighted by molar-refractivity contribution is 5.85. The largest absolute Gasteiger partial charge is 0.497 e. The van der Waals surface area contributed by atoms with Crippen molar-refractivity contribution in [1.82, 2.24) is 0 Å². The normalized spacial score (nSPS) is 15.9. The summed E-state index contributed by atoms with van der Waals surface area (Å²) in [5.74, 6) is 7.17. The molecule has 0 radical (unpaired) electrons. The molecule has 0 N–H and O–H groups in total. The van der Waals surface area contributed by atoms with Crippen LogP contribution in [0.1, 0.15) is 30.4 Å². The molecule has 0 fully saturated rings. The molecule has 1 unspecified atom stereocenters. The molecule has 0 spiro atoms. The Morgan fingerprint density at radius 3 is 2.83 bits per heavy atom. The second kappa shape index (κ2) is 8.21. The molecule has 3 nitrogen and oxygen atoms in total. The van der Waals surface area contributed by atoms with Crippen molar-refractivity contribution in [2.75, 3.05) is 7.11 Å². The summed E-state index contributed by atoms with van der Waals surface area (Å²) in [6, 6.07) is 18.2. The lowest BCUT2D eigenvalue weighted by atomic mass is 10.0. The molecule has 2 aromatic rings. The number of aryl methyl sites for hydroxylation is 1. The van der Waals surface area contributed by atoms with Gasteiger partial charge in [0.25, 0.3) is 0 Å². The van der Waals surface area contributed by atoms with Gasteiger partial charge in [0.1, 0.15) is 11.9 Å². The number of nitrogens with zero attached hydrogens (tertiary/aromatic N) is 1. The standard InChI is InChI=1S/C21H21NO2/c1-23-20-11-5-9-18(15-20)10-6-12-21-16-19(22-24-21)14-13-17-7-3-2-4-8-17/h2-5,7-9,11,15,21H,12-14,16H2,1H3. The summed E-state index contributed by atoms with van der Waals surface area (Å²) in [4.78, 5) is 5.50. The van der Waals surface area contributed by atoms with E-state index in [0.29, 0.717) is 6.42 Å². The van der Waals surface area contributed by atoms with E-state index in [1.54, 1.807) is 7.11 Å². The van der Waals surface area contributed by atoms with Crippen molar-refractivity contribution >= 4 is 5.71 Å². The molecule has 1 heterocycles. The Bertz CT molecular complexity index is 756. The van der Waals surface area contributed by atoms with Crippen LogP contribution < -0.4 is 4.74 Å². The van der Waals surface area contributed by atoms with Crippen LogP contribution in [0.2, 0.25) is 0 Å². The number of rotatable bonds is 5. The molecule has 122 valence electrons. The van der Waals surface area contributed by atoms with Crippen LogP contribution in [-0.4, -0.2) is 18.9 Å². The molecule has 1 aliphatic heterocycles. The van der Waals surface area contributed by atoms with Crippen molar-refractivity contribution in [3.8, 4) is 17.6 Å². The first-order valence-electron chi connectivity index (χ1n) is 8.22. The van der Waals surface area contributed by atoms with E-state index < -0.39 is 0 Å². The summed E-state index contributed by atoms with van der Waals surface area (Å²) in [7, 11) is 1.66. The fraction of sp³-hybridized carbons (Fsp3) is 0.286. The van der Waals surface area contributed by atoms with Crippen molar-refractivity contribution in [1.29, 1.82) is 0 Å². The van der Waals surface area contributed by atoms with E-state index in [-0.39, 0.29) is 6.10 Å². The van der Waals surface area contributed by atoms with Gasteiger partial charge in [-0.25, -0.2) is 0 Å². The smallest absolute Gasteiger partial charge is 0.143 e. The highest BCUT2D eigenvalue weighted by Crippen LogP contribution is 2.17. The number of ether oxygens (including phenoxy) is 1. The van der Waals surface area contributed by atoms with Gasteiger partial charge in [-0.2, -0.15) is 0 Å². The summed E-state index contributed by atoms with van der Waals surface area (Å²) in [5.41, 5.74) is 3.42. The number of oxime groups is 1. The first-order valence-corrected chi connectivity index (χ1v) is 8.22. The molecular formula is C21H21NO2. The maximum atomic E-state index is 5.50. The fourth-order valence-corrected chi connectivity index (χ4v) is 2.64. The topological polar surface area (TPSA) is 30.8 Å². The van der Waals surface area contributed by atoms with Crippen molar-refractivity contribution in [3.05, 3.63) is 65.7 Å². The van der Waals surface area contributed by atoms with Gasteiger partial charge in [0.05, 0.1) is 12.8 Å². The molecule has 0 aromatic heterocycles. The monoisotopic (exact) mass is 319 g/mol. The van der Waals surface area contributed by atoms with Gasteiger partial charge in [0, 0.05) is 18.4 Å². The molecular weight excluding hydrogens is 298 g/mol. The van der Waals surface area contributed by atoms with Gasteiger partial charge in [-0.05, 0) is 36.6 Å². The summed E-state index contributed by atoms with van der Waals surface area (Å²) in [5, 5.41) is 4.21. The van der Waals surface area contributed by atoms with Crippen molar-refractivity contribution in [2.24, 2.45) is 5.16 Å². The van der Waals surface area contributed by atoms with Gasteiger partial charge >= 0.3 is 0 Å². The van der Waals surface area contributed by atoms with Gasteiger partial charge in [-0.3, -0.25) is 0 Å².